The lowest BCUT2D eigenvalue weighted by Gasteiger charge is -2.14. The summed E-state index contributed by atoms with van der Waals surface area (Å²) in [7, 11) is 3.35. The molecule has 2 aromatic rings. The molecule has 0 spiro atoms. The number of nitrogens with zero attached hydrogens (tertiary/aromatic N) is 1. The molecule has 2 rings (SSSR count). The Hall–Kier alpha value is -2.08. The van der Waals surface area contributed by atoms with Gasteiger partial charge in [0.25, 0.3) is 5.91 Å². The van der Waals surface area contributed by atoms with Gasteiger partial charge in [0, 0.05) is 24.1 Å². The van der Waals surface area contributed by atoms with Crippen LogP contribution in [0.5, 0.6) is 0 Å². The number of hydrogen-bond acceptors (Lipinski definition) is 3. The third-order valence-electron chi connectivity index (χ3n) is 2.90. The second kappa shape index (κ2) is 6.13. The Bertz CT molecular complexity index is 689. The molecule has 0 aliphatic heterocycles. The molecule has 1 amide bonds. The monoisotopic (exact) mass is 351 g/mol. The number of amides is 1. The van der Waals surface area contributed by atoms with E-state index in [1.807, 2.05) is 0 Å². The minimum absolute atomic E-state index is 0.125. The maximum Gasteiger partial charge on any atom is 0.253 e. The smallest absolute Gasteiger partial charge is 0.253 e. The Morgan fingerprint density at radius 3 is 2.52 bits per heavy atom. The first-order chi connectivity index (χ1) is 9.88. The van der Waals surface area contributed by atoms with E-state index < -0.39 is 0 Å². The van der Waals surface area contributed by atoms with Crippen molar-refractivity contribution >= 4 is 38.9 Å². The zero-order valence-electron chi connectivity index (χ0n) is 11.7. The molecule has 0 aliphatic rings. The Kier molecular flexibility index (Phi) is 4.47. The molecule has 110 valence electrons. The van der Waals surface area contributed by atoms with Crippen LogP contribution in [0.15, 0.2) is 40.9 Å². The van der Waals surface area contributed by atoms with E-state index in [1.165, 1.54) is 17.0 Å². The number of nitrogen functional groups attached to an aromatic ring is 1. The molecule has 0 aromatic heterocycles. The van der Waals surface area contributed by atoms with Gasteiger partial charge >= 0.3 is 0 Å². The molecule has 3 N–H and O–H groups in total. The molecule has 0 bridgehead atoms. The zero-order valence-corrected chi connectivity index (χ0v) is 13.2. The third kappa shape index (κ3) is 3.52. The number of hydrogen-bond donors (Lipinski definition) is 2. The summed E-state index contributed by atoms with van der Waals surface area (Å²) in [6.45, 7) is 0. The number of nitrogens with two attached hydrogens (primary N) is 1. The minimum Gasteiger partial charge on any atom is -0.397 e. The minimum atomic E-state index is -0.348. The molecule has 0 aliphatic carbocycles. The number of carbonyl (C=O) groups is 1. The maximum atomic E-state index is 13.3. The molecular formula is C15H15BrFN3O. The van der Waals surface area contributed by atoms with Gasteiger partial charge in [-0.1, -0.05) is 0 Å². The molecule has 2 aromatic carbocycles. The summed E-state index contributed by atoms with van der Waals surface area (Å²) in [4.78, 5) is 13.3. The van der Waals surface area contributed by atoms with Crippen molar-refractivity contribution in [1.82, 2.24) is 4.90 Å². The fourth-order valence-electron chi connectivity index (χ4n) is 1.81. The fraction of sp³-hybridized carbons (Fsp3) is 0.133. The largest absolute Gasteiger partial charge is 0.397 e. The molecule has 0 radical (unpaired) electrons. The summed E-state index contributed by atoms with van der Waals surface area (Å²) < 4.78 is 14.0. The molecule has 0 fully saturated rings. The predicted molar refractivity (Wildman–Crippen MR) is 86.3 cm³/mol. The molecule has 6 heteroatoms. The van der Waals surface area contributed by atoms with Crippen molar-refractivity contribution in [2.24, 2.45) is 0 Å². The summed E-state index contributed by atoms with van der Waals surface area (Å²) in [6, 6.07) is 9.30. The number of halogens is 2. The first kappa shape index (κ1) is 15.3. The van der Waals surface area contributed by atoms with E-state index in [2.05, 4.69) is 21.2 Å². The SMILES string of the molecule is CN(C)C(=O)c1ccc(Nc2cc(F)ccc2Br)c(N)c1. The third-order valence-corrected chi connectivity index (χ3v) is 3.59. The average Bonchev–Trinajstić information content (AvgIpc) is 2.44. The van der Waals surface area contributed by atoms with Gasteiger partial charge in [0.1, 0.15) is 5.82 Å². The molecule has 0 unspecified atom stereocenters. The van der Waals surface area contributed by atoms with Crippen LogP contribution in [0.25, 0.3) is 0 Å². The van der Waals surface area contributed by atoms with E-state index in [1.54, 1.807) is 38.4 Å². The van der Waals surface area contributed by atoms with Crippen molar-refractivity contribution < 1.29 is 9.18 Å². The summed E-state index contributed by atoms with van der Waals surface area (Å²) >= 11 is 3.34. The normalized spacial score (nSPS) is 10.3. The van der Waals surface area contributed by atoms with Crippen molar-refractivity contribution in [3.63, 3.8) is 0 Å². The molecule has 0 heterocycles. The van der Waals surface area contributed by atoms with Crippen LogP contribution in [0.2, 0.25) is 0 Å². The van der Waals surface area contributed by atoms with E-state index in [4.69, 9.17) is 5.73 Å². The van der Waals surface area contributed by atoms with Crippen molar-refractivity contribution in [3.05, 3.63) is 52.3 Å². The number of rotatable bonds is 3. The van der Waals surface area contributed by atoms with Gasteiger partial charge in [-0.15, -0.1) is 0 Å². The van der Waals surface area contributed by atoms with Crippen LogP contribution in [0, 0.1) is 5.82 Å². The van der Waals surface area contributed by atoms with E-state index in [-0.39, 0.29) is 11.7 Å². The highest BCUT2D eigenvalue weighted by Gasteiger charge is 2.11. The fourth-order valence-corrected chi connectivity index (χ4v) is 2.15. The highest BCUT2D eigenvalue weighted by Crippen LogP contribution is 2.30. The molecule has 0 saturated heterocycles. The van der Waals surface area contributed by atoms with Gasteiger partial charge in [-0.2, -0.15) is 0 Å². The molecular weight excluding hydrogens is 337 g/mol. The Morgan fingerprint density at radius 2 is 1.90 bits per heavy atom. The van der Waals surface area contributed by atoms with Gasteiger partial charge in [-0.05, 0) is 52.3 Å². The van der Waals surface area contributed by atoms with Gasteiger partial charge in [0.2, 0.25) is 0 Å². The van der Waals surface area contributed by atoms with Crippen LogP contribution in [-0.2, 0) is 0 Å². The second-order valence-electron chi connectivity index (χ2n) is 4.75. The quantitative estimate of drug-likeness (QED) is 0.830. The van der Waals surface area contributed by atoms with E-state index in [9.17, 15) is 9.18 Å². The Labute approximate surface area is 130 Å². The molecule has 0 saturated carbocycles. The van der Waals surface area contributed by atoms with Gasteiger partial charge in [-0.25, -0.2) is 4.39 Å². The number of nitrogens with one attached hydrogen (secondary N) is 1. The lowest BCUT2D eigenvalue weighted by atomic mass is 10.1. The highest BCUT2D eigenvalue weighted by atomic mass is 79.9. The zero-order chi connectivity index (χ0) is 15.6. The molecule has 21 heavy (non-hydrogen) atoms. The summed E-state index contributed by atoms with van der Waals surface area (Å²) in [5.41, 5.74) is 8.04. The molecule has 0 atom stereocenters. The predicted octanol–water partition coefficient (Wildman–Crippen LogP) is 3.62. The molecule has 4 nitrogen and oxygen atoms in total. The summed E-state index contributed by atoms with van der Waals surface area (Å²) in [5.74, 6) is -0.473. The number of carbonyl (C=O) groups excluding carboxylic acids is 1. The van der Waals surface area contributed by atoms with Crippen molar-refractivity contribution in [1.29, 1.82) is 0 Å². The Balaban J connectivity index is 2.30. The van der Waals surface area contributed by atoms with Crippen molar-refractivity contribution in [2.75, 3.05) is 25.1 Å². The summed E-state index contributed by atoms with van der Waals surface area (Å²) in [6.07, 6.45) is 0. The maximum absolute atomic E-state index is 13.3. The van der Waals surface area contributed by atoms with Crippen molar-refractivity contribution in [3.8, 4) is 0 Å². The number of anilines is 3. The summed E-state index contributed by atoms with van der Waals surface area (Å²) in [5, 5.41) is 3.04. The lowest BCUT2D eigenvalue weighted by Crippen LogP contribution is -2.21. The average molecular weight is 352 g/mol. The van der Waals surface area contributed by atoms with Gasteiger partial charge in [0.15, 0.2) is 0 Å². The van der Waals surface area contributed by atoms with Crippen LogP contribution in [-0.4, -0.2) is 24.9 Å². The highest BCUT2D eigenvalue weighted by molar-refractivity contribution is 9.10. The first-order valence-electron chi connectivity index (χ1n) is 6.21. The van der Waals surface area contributed by atoms with Crippen molar-refractivity contribution in [2.45, 2.75) is 0 Å². The van der Waals surface area contributed by atoms with Crippen LogP contribution in [0.4, 0.5) is 21.5 Å². The number of benzene rings is 2. The van der Waals surface area contributed by atoms with Gasteiger partial charge in [0.05, 0.1) is 17.1 Å². The van der Waals surface area contributed by atoms with E-state index in [0.29, 0.717) is 22.6 Å². The topological polar surface area (TPSA) is 58.4 Å². The standard InChI is InChI=1S/C15H15BrFN3O/c1-20(2)15(21)9-3-6-13(12(18)7-9)19-14-8-10(17)4-5-11(14)16/h3-8,19H,18H2,1-2H3. The second-order valence-corrected chi connectivity index (χ2v) is 5.61. The van der Waals surface area contributed by atoms with Crippen LogP contribution in [0.1, 0.15) is 10.4 Å². The first-order valence-corrected chi connectivity index (χ1v) is 7.01. The van der Waals surface area contributed by atoms with Crippen LogP contribution in [0.3, 0.4) is 0 Å². The van der Waals surface area contributed by atoms with Crippen LogP contribution >= 0.6 is 15.9 Å². The lowest BCUT2D eigenvalue weighted by molar-refractivity contribution is 0.0827. The van der Waals surface area contributed by atoms with Gasteiger partial charge in [-0.3, -0.25) is 4.79 Å². The van der Waals surface area contributed by atoms with Gasteiger partial charge < -0.3 is 16.0 Å². The van der Waals surface area contributed by atoms with Crippen LogP contribution < -0.4 is 11.1 Å². The van der Waals surface area contributed by atoms with E-state index in [0.717, 1.165) is 4.47 Å². The Morgan fingerprint density at radius 1 is 1.19 bits per heavy atom. The van der Waals surface area contributed by atoms with E-state index >= 15 is 0 Å².